The van der Waals surface area contributed by atoms with Crippen molar-refractivity contribution in [2.24, 2.45) is 0 Å². The summed E-state index contributed by atoms with van der Waals surface area (Å²) in [6.45, 7) is 2.78. The first kappa shape index (κ1) is 15.2. The molecule has 0 fully saturated rings. The van der Waals surface area contributed by atoms with E-state index in [2.05, 4.69) is 28.2 Å². The van der Waals surface area contributed by atoms with Crippen LogP contribution in [0.25, 0.3) is 0 Å². The molecule has 0 amide bonds. The molecule has 0 aromatic heterocycles. The van der Waals surface area contributed by atoms with Crippen LogP contribution in [0.1, 0.15) is 31.7 Å². The van der Waals surface area contributed by atoms with E-state index in [-0.39, 0.29) is 12.0 Å². The van der Waals surface area contributed by atoms with E-state index in [9.17, 15) is 4.79 Å². The van der Waals surface area contributed by atoms with Crippen LogP contribution in [0.4, 0.5) is 0 Å². The minimum absolute atomic E-state index is 0.182. The highest BCUT2D eigenvalue weighted by atomic mass is 79.9. The third-order valence-electron chi connectivity index (χ3n) is 2.77. The Morgan fingerprint density at radius 2 is 2.28 bits per heavy atom. The van der Waals surface area contributed by atoms with E-state index in [1.165, 1.54) is 7.11 Å². The lowest BCUT2D eigenvalue weighted by atomic mass is 10.1. The van der Waals surface area contributed by atoms with Gasteiger partial charge in [-0.25, -0.2) is 0 Å². The Labute approximate surface area is 117 Å². The van der Waals surface area contributed by atoms with E-state index in [1.54, 1.807) is 0 Å². The number of carbonyl (C=O) groups excluding carboxylic acids is 1. The van der Waals surface area contributed by atoms with Gasteiger partial charge in [0.1, 0.15) is 6.04 Å². The molecule has 0 spiro atoms. The minimum Gasteiger partial charge on any atom is -0.468 e. The van der Waals surface area contributed by atoms with Gasteiger partial charge in [0.15, 0.2) is 0 Å². The second-order valence-corrected chi connectivity index (χ2v) is 5.14. The average molecular weight is 314 g/mol. The maximum absolute atomic E-state index is 11.6. The summed E-state index contributed by atoms with van der Waals surface area (Å²) < 4.78 is 5.86. The molecule has 1 unspecified atom stereocenters. The number of benzene rings is 1. The molecule has 0 aliphatic heterocycles. The molecule has 0 saturated heterocycles. The number of esters is 1. The maximum atomic E-state index is 11.6. The van der Waals surface area contributed by atoms with E-state index in [0.29, 0.717) is 6.54 Å². The standard InChI is InChI=1S/C14H20BrNO2/c1-3-4-8-13(14(17)18-2)16-10-11-6-5-7-12(15)9-11/h5-7,9,13,16H,3-4,8,10H2,1-2H3. The quantitative estimate of drug-likeness (QED) is 0.785. The molecular weight excluding hydrogens is 294 g/mol. The summed E-state index contributed by atoms with van der Waals surface area (Å²) in [4.78, 5) is 11.6. The Morgan fingerprint density at radius 3 is 2.89 bits per heavy atom. The van der Waals surface area contributed by atoms with Crippen molar-refractivity contribution in [3.8, 4) is 0 Å². The highest BCUT2D eigenvalue weighted by Crippen LogP contribution is 2.12. The fourth-order valence-corrected chi connectivity index (χ4v) is 2.19. The van der Waals surface area contributed by atoms with Gasteiger partial charge in [0.2, 0.25) is 0 Å². The molecule has 1 N–H and O–H groups in total. The topological polar surface area (TPSA) is 38.3 Å². The largest absolute Gasteiger partial charge is 0.468 e. The molecule has 18 heavy (non-hydrogen) atoms. The van der Waals surface area contributed by atoms with Gasteiger partial charge in [0.05, 0.1) is 7.11 Å². The summed E-state index contributed by atoms with van der Waals surface area (Å²) in [7, 11) is 1.43. The molecule has 1 atom stereocenters. The number of methoxy groups -OCH3 is 1. The molecule has 1 aromatic carbocycles. The molecule has 0 radical (unpaired) electrons. The number of carbonyl (C=O) groups is 1. The number of nitrogens with one attached hydrogen (secondary N) is 1. The fraction of sp³-hybridized carbons (Fsp3) is 0.500. The summed E-state index contributed by atoms with van der Waals surface area (Å²) in [5.74, 6) is -0.182. The molecule has 4 heteroatoms. The van der Waals surface area contributed by atoms with E-state index >= 15 is 0 Å². The summed E-state index contributed by atoms with van der Waals surface area (Å²) in [6.07, 6.45) is 2.91. The van der Waals surface area contributed by atoms with E-state index in [4.69, 9.17) is 4.74 Å². The van der Waals surface area contributed by atoms with Gasteiger partial charge in [-0.05, 0) is 24.1 Å². The summed E-state index contributed by atoms with van der Waals surface area (Å²) in [6, 6.07) is 7.83. The minimum atomic E-state index is -0.214. The molecule has 0 aliphatic carbocycles. The van der Waals surface area contributed by atoms with Gasteiger partial charge in [-0.1, -0.05) is 47.8 Å². The van der Waals surface area contributed by atoms with Gasteiger partial charge in [0.25, 0.3) is 0 Å². The van der Waals surface area contributed by atoms with Crippen molar-refractivity contribution in [2.45, 2.75) is 38.8 Å². The van der Waals surface area contributed by atoms with E-state index in [1.807, 2.05) is 24.3 Å². The monoisotopic (exact) mass is 313 g/mol. The first-order valence-electron chi connectivity index (χ1n) is 6.23. The van der Waals surface area contributed by atoms with Crippen molar-refractivity contribution in [1.82, 2.24) is 5.32 Å². The highest BCUT2D eigenvalue weighted by Gasteiger charge is 2.17. The normalized spacial score (nSPS) is 12.2. The molecule has 0 saturated carbocycles. The van der Waals surface area contributed by atoms with Gasteiger partial charge < -0.3 is 10.1 Å². The smallest absolute Gasteiger partial charge is 0.322 e. The first-order chi connectivity index (χ1) is 8.67. The lowest BCUT2D eigenvalue weighted by Gasteiger charge is -2.16. The summed E-state index contributed by atoms with van der Waals surface area (Å²) in [5, 5.41) is 3.25. The van der Waals surface area contributed by atoms with Gasteiger partial charge in [-0.3, -0.25) is 4.79 Å². The van der Waals surface area contributed by atoms with Crippen LogP contribution in [0.15, 0.2) is 28.7 Å². The van der Waals surface area contributed by atoms with Crippen molar-refractivity contribution in [3.05, 3.63) is 34.3 Å². The second kappa shape index (κ2) is 8.27. The molecule has 1 rings (SSSR count). The Morgan fingerprint density at radius 1 is 1.50 bits per heavy atom. The molecule has 0 heterocycles. The molecular formula is C14H20BrNO2. The molecule has 3 nitrogen and oxygen atoms in total. The zero-order valence-electron chi connectivity index (χ0n) is 10.9. The van der Waals surface area contributed by atoms with Gasteiger partial charge >= 0.3 is 5.97 Å². The predicted molar refractivity (Wildman–Crippen MR) is 76.3 cm³/mol. The van der Waals surface area contributed by atoms with Crippen LogP contribution in [-0.4, -0.2) is 19.1 Å². The second-order valence-electron chi connectivity index (χ2n) is 4.23. The zero-order chi connectivity index (χ0) is 13.4. The van der Waals surface area contributed by atoms with Gasteiger partial charge in [-0.15, -0.1) is 0 Å². The van der Waals surface area contributed by atoms with Crippen LogP contribution >= 0.6 is 15.9 Å². The van der Waals surface area contributed by atoms with Crippen LogP contribution < -0.4 is 5.32 Å². The van der Waals surface area contributed by atoms with Crippen LogP contribution in [-0.2, 0) is 16.1 Å². The Bertz CT molecular complexity index is 382. The van der Waals surface area contributed by atoms with Crippen LogP contribution in [0.2, 0.25) is 0 Å². The van der Waals surface area contributed by atoms with Crippen molar-refractivity contribution in [2.75, 3.05) is 7.11 Å². The van der Waals surface area contributed by atoms with E-state index < -0.39 is 0 Å². The van der Waals surface area contributed by atoms with Crippen molar-refractivity contribution in [1.29, 1.82) is 0 Å². The SMILES string of the molecule is CCCCC(NCc1cccc(Br)c1)C(=O)OC. The lowest BCUT2D eigenvalue weighted by molar-refractivity contribution is -0.143. The zero-order valence-corrected chi connectivity index (χ0v) is 12.5. The van der Waals surface area contributed by atoms with Crippen molar-refractivity contribution >= 4 is 21.9 Å². The van der Waals surface area contributed by atoms with Crippen LogP contribution in [0, 0.1) is 0 Å². The van der Waals surface area contributed by atoms with Crippen LogP contribution in [0.3, 0.4) is 0 Å². The molecule has 100 valence electrons. The molecule has 1 aromatic rings. The number of unbranched alkanes of at least 4 members (excludes halogenated alkanes) is 1. The molecule has 0 bridgehead atoms. The Balaban J connectivity index is 2.53. The van der Waals surface area contributed by atoms with Gasteiger partial charge in [-0.2, -0.15) is 0 Å². The Kier molecular flexibility index (Phi) is 6.98. The summed E-state index contributed by atoms with van der Waals surface area (Å²) in [5.41, 5.74) is 1.15. The van der Waals surface area contributed by atoms with Gasteiger partial charge in [0, 0.05) is 11.0 Å². The average Bonchev–Trinajstić information content (AvgIpc) is 2.38. The third-order valence-corrected chi connectivity index (χ3v) is 3.27. The third kappa shape index (κ3) is 5.19. The van der Waals surface area contributed by atoms with Crippen LogP contribution in [0.5, 0.6) is 0 Å². The lowest BCUT2D eigenvalue weighted by Crippen LogP contribution is -2.37. The number of ether oxygens (including phenoxy) is 1. The maximum Gasteiger partial charge on any atom is 0.322 e. The highest BCUT2D eigenvalue weighted by molar-refractivity contribution is 9.10. The number of hydrogen-bond acceptors (Lipinski definition) is 3. The van der Waals surface area contributed by atoms with E-state index in [0.717, 1.165) is 29.3 Å². The number of hydrogen-bond donors (Lipinski definition) is 1. The fourth-order valence-electron chi connectivity index (χ4n) is 1.74. The molecule has 0 aliphatic rings. The first-order valence-corrected chi connectivity index (χ1v) is 7.02. The number of halogens is 1. The van der Waals surface area contributed by atoms with Crippen molar-refractivity contribution in [3.63, 3.8) is 0 Å². The predicted octanol–water partition coefficient (Wildman–Crippen LogP) is 3.27. The Hall–Kier alpha value is -0.870. The van der Waals surface area contributed by atoms with Crippen molar-refractivity contribution < 1.29 is 9.53 Å². The number of rotatable bonds is 7. The summed E-state index contributed by atoms with van der Waals surface area (Å²) >= 11 is 3.43.